The zero-order valence-corrected chi connectivity index (χ0v) is 23.2. The molecule has 0 spiro atoms. The number of halogens is 1. The molecule has 0 aromatic heterocycles. The van der Waals surface area contributed by atoms with Crippen molar-refractivity contribution in [3.05, 3.63) is 99.9 Å². The Balaban J connectivity index is 1.35. The van der Waals surface area contributed by atoms with Crippen molar-refractivity contribution in [3.8, 4) is 17.2 Å². The van der Waals surface area contributed by atoms with Gasteiger partial charge in [0, 0.05) is 0 Å². The molecule has 0 aliphatic carbocycles. The Hall–Kier alpha value is -3.52. The highest BCUT2D eigenvalue weighted by Crippen LogP contribution is 2.39. The van der Waals surface area contributed by atoms with Crippen LogP contribution in [0, 0.1) is 0 Å². The number of thiocarbonyl (C=S) groups is 1. The van der Waals surface area contributed by atoms with Gasteiger partial charge in [0.1, 0.15) is 12.4 Å². The standard InChI is InChI=1S/C30H24ClNO4S2/c1-3-35-27-15-19(9-12-26(27)36-18-20-8-10-21-6-4-5-7-22(21)14-20)16-28-29(33)32(30(37)38-28)23-11-13-25(34-2)24(31)17-23/h4-17H,3,18H2,1-2H3/b28-16+. The molecule has 0 N–H and O–H groups in total. The van der Waals surface area contributed by atoms with Gasteiger partial charge in [-0.15, -0.1) is 0 Å². The van der Waals surface area contributed by atoms with E-state index >= 15 is 0 Å². The molecule has 0 bridgehead atoms. The highest BCUT2D eigenvalue weighted by atomic mass is 35.5. The Morgan fingerprint density at radius 3 is 2.47 bits per heavy atom. The minimum Gasteiger partial charge on any atom is -0.495 e. The summed E-state index contributed by atoms with van der Waals surface area (Å²) < 4.78 is 17.6. The Kier molecular flexibility index (Phi) is 7.88. The van der Waals surface area contributed by atoms with Gasteiger partial charge in [-0.2, -0.15) is 0 Å². The zero-order chi connectivity index (χ0) is 26.6. The van der Waals surface area contributed by atoms with Crippen molar-refractivity contribution in [2.45, 2.75) is 13.5 Å². The molecule has 38 heavy (non-hydrogen) atoms. The third-order valence-electron chi connectivity index (χ3n) is 5.96. The number of nitrogens with zero attached hydrogens (tertiary/aromatic N) is 1. The SMILES string of the molecule is CCOc1cc(/C=C2/SC(=S)N(c3ccc(OC)c(Cl)c3)C2=O)ccc1OCc1ccc2ccccc2c1. The van der Waals surface area contributed by atoms with Gasteiger partial charge in [0.2, 0.25) is 0 Å². The van der Waals surface area contributed by atoms with Crippen LogP contribution in [0.3, 0.4) is 0 Å². The number of rotatable bonds is 8. The predicted octanol–water partition coefficient (Wildman–Crippen LogP) is 7.89. The van der Waals surface area contributed by atoms with E-state index in [2.05, 4.69) is 30.3 Å². The molecule has 8 heteroatoms. The molecule has 1 amide bonds. The molecule has 4 aromatic carbocycles. The summed E-state index contributed by atoms with van der Waals surface area (Å²) in [5.74, 6) is 1.57. The first-order valence-electron chi connectivity index (χ1n) is 12.0. The maximum atomic E-state index is 13.2. The molecule has 1 aliphatic heterocycles. The van der Waals surface area contributed by atoms with Crippen LogP contribution in [0.25, 0.3) is 16.8 Å². The molecule has 5 nitrogen and oxygen atoms in total. The summed E-state index contributed by atoms with van der Waals surface area (Å²) >= 11 is 13.0. The smallest absolute Gasteiger partial charge is 0.270 e. The van der Waals surface area contributed by atoms with Crippen molar-refractivity contribution in [3.63, 3.8) is 0 Å². The van der Waals surface area contributed by atoms with Crippen molar-refractivity contribution in [2.24, 2.45) is 0 Å². The lowest BCUT2D eigenvalue weighted by Crippen LogP contribution is -2.27. The topological polar surface area (TPSA) is 48.0 Å². The molecular formula is C30H24ClNO4S2. The molecule has 0 radical (unpaired) electrons. The molecule has 1 aliphatic rings. The zero-order valence-electron chi connectivity index (χ0n) is 20.8. The largest absolute Gasteiger partial charge is 0.495 e. The van der Waals surface area contributed by atoms with Crippen LogP contribution < -0.4 is 19.1 Å². The first kappa shape index (κ1) is 26.1. The average molecular weight is 562 g/mol. The van der Waals surface area contributed by atoms with E-state index in [1.165, 1.54) is 27.4 Å². The van der Waals surface area contributed by atoms with E-state index in [4.69, 9.17) is 38.0 Å². The first-order valence-corrected chi connectivity index (χ1v) is 13.6. The number of hydrogen-bond donors (Lipinski definition) is 0. The molecule has 5 rings (SSSR count). The van der Waals surface area contributed by atoms with Crippen molar-refractivity contribution < 1.29 is 19.0 Å². The van der Waals surface area contributed by atoms with Crippen LogP contribution in [0.4, 0.5) is 5.69 Å². The van der Waals surface area contributed by atoms with Crippen molar-refractivity contribution >= 4 is 68.3 Å². The monoisotopic (exact) mass is 561 g/mol. The summed E-state index contributed by atoms with van der Waals surface area (Å²) in [6.45, 7) is 2.81. The number of methoxy groups -OCH3 is 1. The Morgan fingerprint density at radius 2 is 1.71 bits per heavy atom. The Morgan fingerprint density at radius 1 is 0.921 bits per heavy atom. The summed E-state index contributed by atoms with van der Waals surface area (Å²) in [4.78, 5) is 15.2. The predicted molar refractivity (Wildman–Crippen MR) is 160 cm³/mol. The average Bonchev–Trinajstić information content (AvgIpc) is 3.20. The maximum absolute atomic E-state index is 13.2. The number of amides is 1. The van der Waals surface area contributed by atoms with Gasteiger partial charge >= 0.3 is 0 Å². The molecule has 0 saturated carbocycles. The highest BCUT2D eigenvalue weighted by molar-refractivity contribution is 8.27. The van der Waals surface area contributed by atoms with E-state index in [1.807, 2.05) is 37.3 Å². The van der Waals surface area contributed by atoms with Crippen LogP contribution in [0.1, 0.15) is 18.1 Å². The van der Waals surface area contributed by atoms with Gasteiger partial charge in [-0.3, -0.25) is 9.69 Å². The molecule has 1 fully saturated rings. The van der Waals surface area contributed by atoms with Gasteiger partial charge < -0.3 is 14.2 Å². The summed E-state index contributed by atoms with van der Waals surface area (Å²) in [6, 6.07) is 25.3. The van der Waals surface area contributed by atoms with Crippen molar-refractivity contribution in [1.29, 1.82) is 0 Å². The number of fused-ring (bicyclic) bond motifs is 1. The number of carbonyl (C=O) groups is 1. The number of carbonyl (C=O) groups excluding carboxylic acids is 1. The molecule has 0 atom stereocenters. The number of benzene rings is 4. The first-order chi connectivity index (χ1) is 18.5. The summed E-state index contributed by atoms with van der Waals surface area (Å²) in [7, 11) is 1.54. The second-order valence-corrected chi connectivity index (χ2v) is 10.5. The summed E-state index contributed by atoms with van der Waals surface area (Å²) in [6.07, 6.45) is 1.81. The maximum Gasteiger partial charge on any atom is 0.270 e. The molecule has 192 valence electrons. The Labute approximate surface area is 235 Å². The molecule has 1 heterocycles. The second-order valence-electron chi connectivity index (χ2n) is 8.45. The third-order valence-corrected chi connectivity index (χ3v) is 7.56. The lowest BCUT2D eigenvalue weighted by atomic mass is 10.1. The normalized spacial score (nSPS) is 14.4. The fraction of sp³-hybridized carbons (Fsp3) is 0.133. The minimum absolute atomic E-state index is 0.212. The van der Waals surface area contributed by atoms with Gasteiger partial charge in [-0.1, -0.05) is 78.0 Å². The van der Waals surface area contributed by atoms with Gasteiger partial charge in [-0.25, -0.2) is 0 Å². The number of anilines is 1. The van der Waals surface area contributed by atoms with Gasteiger partial charge in [0.15, 0.2) is 15.8 Å². The number of hydrogen-bond acceptors (Lipinski definition) is 6. The van der Waals surface area contributed by atoms with Crippen molar-refractivity contribution in [2.75, 3.05) is 18.6 Å². The number of thioether (sulfide) groups is 1. The molecule has 1 saturated heterocycles. The molecule has 4 aromatic rings. The van der Waals surface area contributed by atoms with Crippen molar-refractivity contribution in [1.82, 2.24) is 0 Å². The summed E-state index contributed by atoms with van der Waals surface area (Å²) in [5, 5.41) is 2.77. The van der Waals surface area contributed by atoms with Crippen LogP contribution in [-0.2, 0) is 11.4 Å². The van der Waals surface area contributed by atoms with Crippen LogP contribution in [0.15, 0.2) is 83.8 Å². The number of ether oxygens (including phenoxy) is 3. The molecule has 0 unspecified atom stereocenters. The Bertz CT molecular complexity index is 1570. The van der Waals surface area contributed by atoms with E-state index in [9.17, 15) is 4.79 Å². The van der Waals surface area contributed by atoms with E-state index < -0.39 is 0 Å². The van der Waals surface area contributed by atoms with Crippen LogP contribution in [0.5, 0.6) is 17.2 Å². The lowest BCUT2D eigenvalue weighted by Gasteiger charge is -2.15. The molecular weight excluding hydrogens is 538 g/mol. The quantitative estimate of drug-likeness (QED) is 0.161. The van der Waals surface area contributed by atoms with Gasteiger partial charge in [0.25, 0.3) is 5.91 Å². The van der Waals surface area contributed by atoms with Crippen LogP contribution >= 0.6 is 35.6 Å². The van der Waals surface area contributed by atoms with E-state index in [1.54, 1.807) is 31.4 Å². The fourth-order valence-electron chi connectivity index (χ4n) is 4.13. The van der Waals surface area contributed by atoms with Gasteiger partial charge in [-0.05, 0) is 71.3 Å². The van der Waals surface area contributed by atoms with E-state index in [0.717, 1.165) is 11.1 Å². The minimum atomic E-state index is -0.212. The van der Waals surface area contributed by atoms with Crippen LogP contribution in [-0.4, -0.2) is 23.9 Å². The lowest BCUT2D eigenvalue weighted by molar-refractivity contribution is -0.113. The third kappa shape index (κ3) is 5.50. The fourth-order valence-corrected chi connectivity index (χ4v) is 5.68. The van der Waals surface area contributed by atoms with E-state index in [0.29, 0.717) is 50.4 Å². The van der Waals surface area contributed by atoms with Crippen LogP contribution in [0.2, 0.25) is 5.02 Å². The highest BCUT2D eigenvalue weighted by Gasteiger charge is 2.33. The van der Waals surface area contributed by atoms with Gasteiger partial charge in [0.05, 0.1) is 29.3 Å². The second kappa shape index (κ2) is 11.5. The van der Waals surface area contributed by atoms with E-state index in [-0.39, 0.29) is 5.91 Å². The summed E-state index contributed by atoms with van der Waals surface area (Å²) in [5.41, 5.74) is 2.46.